The molecule has 1 aliphatic heterocycles. The highest BCUT2D eigenvalue weighted by atomic mass is 32.2. The van der Waals surface area contributed by atoms with Gasteiger partial charge in [-0.25, -0.2) is 0 Å². The molecule has 1 aromatic heterocycles. The van der Waals surface area contributed by atoms with Crippen molar-refractivity contribution in [1.29, 1.82) is 0 Å². The number of hydrogen-bond acceptors (Lipinski definition) is 4. The van der Waals surface area contributed by atoms with E-state index < -0.39 is 0 Å². The van der Waals surface area contributed by atoms with Crippen LogP contribution in [0.2, 0.25) is 0 Å². The maximum atomic E-state index is 11.6. The summed E-state index contributed by atoms with van der Waals surface area (Å²) in [6.07, 6.45) is 10.6. The van der Waals surface area contributed by atoms with Crippen LogP contribution in [-0.2, 0) is 4.79 Å². The van der Waals surface area contributed by atoms with Crippen molar-refractivity contribution in [2.45, 2.75) is 0 Å². The van der Waals surface area contributed by atoms with Crippen molar-refractivity contribution in [3.05, 3.63) is 72.1 Å². The number of nitrogens with one attached hydrogen (secondary N) is 1. The minimum atomic E-state index is -0.198. The van der Waals surface area contributed by atoms with E-state index in [1.165, 1.54) is 11.8 Å². The van der Waals surface area contributed by atoms with E-state index in [2.05, 4.69) is 18.5 Å². The number of hydrogen-bond donors (Lipinski definition) is 1. The highest BCUT2D eigenvalue weighted by molar-refractivity contribution is 8.26. The largest absolute Gasteiger partial charge is 0.457 e. The molecule has 1 fully saturated rings. The van der Waals surface area contributed by atoms with Crippen molar-refractivity contribution in [2.75, 3.05) is 0 Å². The third-order valence-electron chi connectivity index (χ3n) is 2.54. The molecule has 0 atom stereocenters. The Morgan fingerprint density at radius 2 is 2.14 bits per heavy atom. The van der Waals surface area contributed by atoms with Gasteiger partial charge < -0.3 is 9.73 Å². The zero-order chi connectivity index (χ0) is 15.2. The standard InChI is InChI=1S/C16H13NO2S2/c1-3-5-7-11(6-4-2)13-9-8-12(19-13)10-14-15(18)17-16(20)21-14/h3-10H,1-2H2,(H,17,18,20)/b7-5-,11-6+,14-10-. The van der Waals surface area contributed by atoms with Gasteiger partial charge in [-0.3, -0.25) is 4.79 Å². The second kappa shape index (κ2) is 7.06. The fourth-order valence-electron chi connectivity index (χ4n) is 1.65. The molecule has 0 aromatic carbocycles. The quantitative estimate of drug-likeness (QED) is 0.505. The summed E-state index contributed by atoms with van der Waals surface area (Å²) in [5, 5.41) is 2.56. The number of carbonyl (C=O) groups excluding carboxylic acids is 1. The maximum absolute atomic E-state index is 11.6. The van der Waals surface area contributed by atoms with E-state index in [0.29, 0.717) is 20.7 Å². The first kappa shape index (κ1) is 15.3. The van der Waals surface area contributed by atoms with E-state index in [-0.39, 0.29) is 5.91 Å². The van der Waals surface area contributed by atoms with E-state index in [4.69, 9.17) is 16.6 Å². The zero-order valence-corrected chi connectivity index (χ0v) is 12.8. The van der Waals surface area contributed by atoms with Crippen molar-refractivity contribution < 1.29 is 9.21 Å². The molecular formula is C16H13NO2S2. The van der Waals surface area contributed by atoms with Gasteiger partial charge in [0.15, 0.2) is 0 Å². The Kier molecular flexibility index (Phi) is 5.14. The van der Waals surface area contributed by atoms with Crippen molar-refractivity contribution in [2.24, 2.45) is 0 Å². The molecule has 21 heavy (non-hydrogen) atoms. The van der Waals surface area contributed by atoms with Crippen molar-refractivity contribution >= 4 is 45.9 Å². The fraction of sp³-hybridized carbons (Fsp3) is 0. The van der Waals surface area contributed by atoms with Crippen molar-refractivity contribution in [3.8, 4) is 0 Å². The lowest BCUT2D eigenvalue weighted by atomic mass is 10.1. The van der Waals surface area contributed by atoms with Crippen LogP contribution < -0.4 is 5.32 Å². The van der Waals surface area contributed by atoms with Gasteiger partial charge in [-0.1, -0.05) is 67.5 Å². The van der Waals surface area contributed by atoms with Crippen LogP contribution in [0.4, 0.5) is 0 Å². The number of thiocarbonyl (C=S) groups is 1. The summed E-state index contributed by atoms with van der Waals surface area (Å²) < 4.78 is 6.18. The molecule has 1 saturated heterocycles. The summed E-state index contributed by atoms with van der Waals surface area (Å²) in [6.45, 7) is 7.32. The monoisotopic (exact) mass is 315 g/mol. The third kappa shape index (κ3) is 3.93. The van der Waals surface area contributed by atoms with Gasteiger partial charge in [0, 0.05) is 11.6 Å². The lowest BCUT2D eigenvalue weighted by Crippen LogP contribution is -2.17. The highest BCUT2D eigenvalue weighted by Crippen LogP contribution is 2.27. The van der Waals surface area contributed by atoms with E-state index in [1.54, 1.807) is 24.3 Å². The van der Waals surface area contributed by atoms with Crippen molar-refractivity contribution in [1.82, 2.24) is 5.32 Å². The minimum Gasteiger partial charge on any atom is -0.457 e. The first-order valence-corrected chi connectivity index (χ1v) is 7.33. The molecular weight excluding hydrogens is 302 g/mol. The van der Waals surface area contributed by atoms with Gasteiger partial charge >= 0.3 is 0 Å². The second-order valence-corrected chi connectivity index (χ2v) is 5.73. The number of rotatable bonds is 5. The van der Waals surface area contributed by atoms with Crippen molar-refractivity contribution in [3.63, 3.8) is 0 Å². The van der Waals surface area contributed by atoms with Crippen LogP contribution in [0.25, 0.3) is 11.6 Å². The lowest BCUT2D eigenvalue weighted by molar-refractivity contribution is -0.115. The van der Waals surface area contributed by atoms with Gasteiger partial charge in [0.05, 0.1) is 4.91 Å². The van der Waals surface area contributed by atoms with Gasteiger partial charge in [-0.15, -0.1) is 0 Å². The average molecular weight is 315 g/mol. The molecule has 2 rings (SSSR count). The lowest BCUT2D eigenvalue weighted by Gasteiger charge is -1.96. The predicted octanol–water partition coefficient (Wildman–Crippen LogP) is 4.08. The highest BCUT2D eigenvalue weighted by Gasteiger charge is 2.22. The summed E-state index contributed by atoms with van der Waals surface area (Å²) in [5.41, 5.74) is 0.869. The van der Waals surface area contributed by atoms with E-state index >= 15 is 0 Å². The number of thioether (sulfide) groups is 1. The molecule has 5 heteroatoms. The fourth-order valence-corrected chi connectivity index (χ4v) is 2.68. The molecule has 0 unspecified atom stereocenters. The average Bonchev–Trinajstić information content (AvgIpc) is 3.02. The zero-order valence-electron chi connectivity index (χ0n) is 11.2. The number of furan rings is 1. The Hall–Kier alpha value is -2.11. The number of carbonyl (C=O) groups is 1. The Bertz CT molecular complexity index is 693. The van der Waals surface area contributed by atoms with Gasteiger partial charge in [0.1, 0.15) is 15.8 Å². The molecule has 3 nitrogen and oxygen atoms in total. The van der Waals surface area contributed by atoms with Crippen LogP contribution in [0.3, 0.4) is 0 Å². The molecule has 0 saturated carbocycles. The summed E-state index contributed by atoms with van der Waals surface area (Å²) in [4.78, 5) is 12.1. The minimum absolute atomic E-state index is 0.198. The molecule has 0 spiro atoms. The summed E-state index contributed by atoms with van der Waals surface area (Å²) in [5.74, 6) is 1.08. The summed E-state index contributed by atoms with van der Waals surface area (Å²) in [6, 6.07) is 3.64. The molecule has 1 N–H and O–H groups in total. The number of allylic oxidation sites excluding steroid dienone is 6. The van der Waals surface area contributed by atoms with Crippen LogP contribution in [0.15, 0.2) is 65.0 Å². The van der Waals surface area contributed by atoms with Gasteiger partial charge in [0.25, 0.3) is 5.91 Å². The van der Waals surface area contributed by atoms with Crippen LogP contribution in [-0.4, -0.2) is 10.2 Å². The molecule has 0 aliphatic carbocycles. The molecule has 1 aromatic rings. The summed E-state index contributed by atoms with van der Waals surface area (Å²) in [7, 11) is 0. The second-order valence-electron chi connectivity index (χ2n) is 4.01. The van der Waals surface area contributed by atoms with Gasteiger partial charge in [-0.05, 0) is 12.1 Å². The number of amides is 1. The maximum Gasteiger partial charge on any atom is 0.263 e. The smallest absolute Gasteiger partial charge is 0.263 e. The predicted molar refractivity (Wildman–Crippen MR) is 92.5 cm³/mol. The molecule has 1 aliphatic rings. The molecule has 1 amide bonds. The Morgan fingerprint density at radius 3 is 2.76 bits per heavy atom. The molecule has 0 bridgehead atoms. The van der Waals surface area contributed by atoms with Crippen LogP contribution >= 0.6 is 24.0 Å². The molecule has 2 heterocycles. The Balaban J connectivity index is 2.27. The molecule has 106 valence electrons. The van der Waals surface area contributed by atoms with E-state index in [9.17, 15) is 4.79 Å². The first-order chi connectivity index (χ1) is 10.1. The summed E-state index contributed by atoms with van der Waals surface area (Å²) >= 11 is 6.16. The normalized spacial score (nSPS) is 17.5. The first-order valence-electron chi connectivity index (χ1n) is 6.11. The van der Waals surface area contributed by atoms with Crippen LogP contribution in [0.5, 0.6) is 0 Å². The van der Waals surface area contributed by atoms with Gasteiger partial charge in [0.2, 0.25) is 0 Å². The van der Waals surface area contributed by atoms with Crippen LogP contribution in [0.1, 0.15) is 11.5 Å². The van der Waals surface area contributed by atoms with Crippen LogP contribution in [0, 0.1) is 0 Å². The van der Waals surface area contributed by atoms with Gasteiger partial charge in [-0.2, -0.15) is 0 Å². The SMILES string of the molecule is C=C/C=C\C(=C/C=C)c1ccc(/C=C2\SC(=S)NC2=O)o1. The van der Waals surface area contributed by atoms with E-state index in [0.717, 1.165) is 5.57 Å². The Morgan fingerprint density at radius 1 is 1.33 bits per heavy atom. The third-order valence-corrected chi connectivity index (χ3v) is 3.70. The Labute approximate surface area is 132 Å². The van der Waals surface area contributed by atoms with E-state index in [1.807, 2.05) is 24.3 Å². The topological polar surface area (TPSA) is 42.2 Å². The molecule has 0 radical (unpaired) electrons.